The third-order valence-corrected chi connectivity index (χ3v) is 5.83. The van der Waals surface area contributed by atoms with Crippen molar-refractivity contribution in [1.82, 2.24) is 9.21 Å². The van der Waals surface area contributed by atoms with E-state index in [2.05, 4.69) is 0 Å². The second-order valence-electron chi connectivity index (χ2n) is 6.41. The van der Waals surface area contributed by atoms with Gasteiger partial charge in [0.1, 0.15) is 5.76 Å². The second-order valence-corrected chi connectivity index (χ2v) is 8.49. The Hall–Kier alpha value is -1.87. The molecule has 1 aliphatic heterocycles. The summed E-state index contributed by atoms with van der Waals surface area (Å²) in [6, 6.07) is 1.21. The molecule has 2 atom stereocenters. The Morgan fingerprint density at radius 2 is 1.96 bits per heavy atom. The zero-order valence-corrected chi connectivity index (χ0v) is 15.0. The molecule has 1 aromatic heterocycles. The molecule has 1 aromatic rings. The molecule has 1 aliphatic rings. The van der Waals surface area contributed by atoms with Crippen molar-refractivity contribution >= 4 is 21.9 Å². The van der Waals surface area contributed by atoms with Gasteiger partial charge in [-0.05, 0) is 19.3 Å². The zero-order valence-electron chi connectivity index (χ0n) is 14.1. The van der Waals surface area contributed by atoms with Crippen LogP contribution in [-0.4, -0.2) is 61.8 Å². The molecule has 1 N–H and O–H groups in total. The summed E-state index contributed by atoms with van der Waals surface area (Å²) in [5.41, 5.74) is 0.147. The van der Waals surface area contributed by atoms with E-state index >= 15 is 0 Å². The Morgan fingerprint density at radius 1 is 1.33 bits per heavy atom. The fourth-order valence-corrected chi connectivity index (χ4v) is 3.70. The fraction of sp³-hybridized carbons (Fsp3) is 0.600. The van der Waals surface area contributed by atoms with E-state index in [-0.39, 0.29) is 28.9 Å². The van der Waals surface area contributed by atoms with Crippen LogP contribution in [-0.2, 0) is 14.8 Å². The predicted octanol–water partition coefficient (Wildman–Crippen LogP) is 1.02. The first-order chi connectivity index (χ1) is 11.0. The first-order valence-electron chi connectivity index (χ1n) is 7.59. The number of hydrogen-bond donors (Lipinski definition) is 1. The molecule has 134 valence electrons. The fourth-order valence-electron chi connectivity index (χ4n) is 2.84. The molecule has 0 saturated carbocycles. The van der Waals surface area contributed by atoms with Crippen molar-refractivity contribution in [3.05, 3.63) is 17.4 Å². The highest BCUT2D eigenvalue weighted by Crippen LogP contribution is 2.27. The number of piperidine rings is 1. The monoisotopic (exact) mass is 358 g/mol. The van der Waals surface area contributed by atoms with Crippen LogP contribution in [0.4, 0.5) is 0 Å². The van der Waals surface area contributed by atoms with E-state index in [0.29, 0.717) is 13.0 Å². The van der Waals surface area contributed by atoms with Gasteiger partial charge in [-0.25, -0.2) is 12.7 Å². The SMILES string of the molecule is Cc1oc(S(=O)(=O)N(C)C)cc1C(=O)N1CC(C)CC(C(=O)O)C1. The summed E-state index contributed by atoms with van der Waals surface area (Å²) in [4.78, 5) is 25.4. The van der Waals surface area contributed by atoms with Gasteiger partial charge in [0, 0.05) is 33.3 Å². The number of aliphatic carboxylic acids is 1. The van der Waals surface area contributed by atoms with Gasteiger partial charge in [0.15, 0.2) is 0 Å². The van der Waals surface area contributed by atoms with Gasteiger partial charge in [0.2, 0.25) is 5.09 Å². The lowest BCUT2D eigenvalue weighted by molar-refractivity contribution is -0.143. The Labute approximate surface area is 141 Å². The maximum atomic E-state index is 12.7. The lowest BCUT2D eigenvalue weighted by atomic mass is 9.90. The summed E-state index contributed by atoms with van der Waals surface area (Å²) in [6.45, 7) is 3.95. The maximum Gasteiger partial charge on any atom is 0.308 e. The molecule has 0 bridgehead atoms. The lowest BCUT2D eigenvalue weighted by Crippen LogP contribution is -2.45. The van der Waals surface area contributed by atoms with Crippen LogP contribution in [0.5, 0.6) is 0 Å². The van der Waals surface area contributed by atoms with Gasteiger partial charge in [-0.2, -0.15) is 0 Å². The maximum absolute atomic E-state index is 12.7. The first-order valence-corrected chi connectivity index (χ1v) is 9.03. The third-order valence-electron chi connectivity index (χ3n) is 4.16. The van der Waals surface area contributed by atoms with Crippen LogP contribution in [0, 0.1) is 18.8 Å². The minimum Gasteiger partial charge on any atom is -0.481 e. The van der Waals surface area contributed by atoms with E-state index in [9.17, 15) is 23.1 Å². The van der Waals surface area contributed by atoms with Crippen LogP contribution in [0.25, 0.3) is 0 Å². The Bertz CT molecular complexity index is 752. The molecule has 8 nitrogen and oxygen atoms in total. The van der Waals surface area contributed by atoms with E-state index in [4.69, 9.17) is 4.42 Å². The Balaban J connectivity index is 2.30. The summed E-state index contributed by atoms with van der Waals surface area (Å²) in [5.74, 6) is -1.70. The number of aryl methyl sites for hydroxylation is 1. The quantitative estimate of drug-likeness (QED) is 0.861. The van der Waals surface area contributed by atoms with Crippen LogP contribution < -0.4 is 0 Å². The van der Waals surface area contributed by atoms with Gasteiger partial charge in [-0.15, -0.1) is 0 Å². The molecule has 2 heterocycles. The average Bonchev–Trinajstić information content (AvgIpc) is 2.88. The molecule has 0 spiro atoms. The first kappa shape index (κ1) is 18.5. The van der Waals surface area contributed by atoms with Crippen molar-refractivity contribution < 1.29 is 27.5 Å². The van der Waals surface area contributed by atoms with E-state index in [1.165, 1.54) is 32.0 Å². The zero-order chi connectivity index (χ0) is 18.2. The number of amides is 1. The topological polar surface area (TPSA) is 108 Å². The molecule has 0 aliphatic carbocycles. The van der Waals surface area contributed by atoms with E-state index in [1.54, 1.807) is 0 Å². The molecule has 1 saturated heterocycles. The molecule has 1 fully saturated rings. The summed E-state index contributed by atoms with van der Waals surface area (Å²) < 4.78 is 30.5. The van der Waals surface area contributed by atoms with Crippen LogP contribution in [0.15, 0.2) is 15.6 Å². The number of furan rings is 1. The van der Waals surface area contributed by atoms with E-state index < -0.39 is 27.8 Å². The number of nitrogens with zero attached hydrogens (tertiary/aromatic N) is 2. The Morgan fingerprint density at radius 3 is 2.50 bits per heavy atom. The van der Waals surface area contributed by atoms with Crippen LogP contribution in [0.2, 0.25) is 0 Å². The number of carboxylic acid groups (broad SMARTS) is 1. The number of carboxylic acids is 1. The van der Waals surface area contributed by atoms with Gasteiger partial charge in [-0.1, -0.05) is 6.92 Å². The molecular formula is C15H22N2O6S. The molecule has 2 rings (SSSR count). The smallest absolute Gasteiger partial charge is 0.308 e. The molecule has 24 heavy (non-hydrogen) atoms. The van der Waals surface area contributed by atoms with Gasteiger partial charge in [-0.3, -0.25) is 9.59 Å². The van der Waals surface area contributed by atoms with Crippen molar-refractivity contribution in [3.8, 4) is 0 Å². The normalized spacial score (nSPS) is 22.0. The van der Waals surface area contributed by atoms with E-state index in [0.717, 1.165) is 4.31 Å². The largest absolute Gasteiger partial charge is 0.481 e. The molecule has 0 radical (unpaired) electrons. The van der Waals surface area contributed by atoms with E-state index in [1.807, 2.05) is 6.92 Å². The molecule has 0 aromatic carbocycles. The lowest BCUT2D eigenvalue weighted by Gasteiger charge is -2.34. The summed E-state index contributed by atoms with van der Waals surface area (Å²) >= 11 is 0. The van der Waals surface area contributed by atoms with Crippen LogP contribution in [0.1, 0.15) is 29.5 Å². The highest BCUT2D eigenvalue weighted by Gasteiger charge is 2.34. The number of carbonyl (C=O) groups excluding carboxylic acids is 1. The summed E-state index contributed by atoms with van der Waals surface area (Å²) in [5, 5.41) is 8.91. The molecule has 2 unspecified atom stereocenters. The van der Waals surface area contributed by atoms with Gasteiger partial charge >= 0.3 is 5.97 Å². The van der Waals surface area contributed by atoms with Gasteiger partial charge in [0.25, 0.3) is 15.9 Å². The van der Waals surface area contributed by atoms with Crippen molar-refractivity contribution in [3.63, 3.8) is 0 Å². The Kier molecular flexibility index (Phi) is 5.05. The van der Waals surface area contributed by atoms with Crippen molar-refractivity contribution in [2.24, 2.45) is 11.8 Å². The number of hydrogen-bond acceptors (Lipinski definition) is 5. The summed E-state index contributed by atoms with van der Waals surface area (Å²) in [7, 11) is -1.03. The number of rotatable bonds is 4. The molecule has 9 heteroatoms. The summed E-state index contributed by atoms with van der Waals surface area (Å²) in [6.07, 6.45) is 0.518. The minimum absolute atomic E-state index is 0.0565. The van der Waals surface area contributed by atoms with Crippen LogP contribution in [0.3, 0.4) is 0 Å². The second kappa shape index (κ2) is 6.56. The molecular weight excluding hydrogens is 336 g/mol. The van der Waals surface area contributed by atoms with Crippen molar-refractivity contribution in [2.45, 2.75) is 25.4 Å². The third kappa shape index (κ3) is 3.46. The number of carbonyl (C=O) groups is 2. The highest BCUT2D eigenvalue weighted by atomic mass is 32.2. The molecule has 1 amide bonds. The van der Waals surface area contributed by atoms with Crippen molar-refractivity contribution in [2.75, 3.05) is 27.2 Å². The minimum atomic E-state index is -3.78. The average molecular weight is 358 g/mol. The predicted molar refractivity (Wildman–Crippen MR) is 85.1 cm³/mol. The number of sulfonamides is 1. The van der Waals surface area contributed by atoms with Gasteiger partial charge in [0.05, 0.1) is 11.5 Å². The standard InChI is InChI=1S/C15H22N2O6S/c1-9-5-11(15(19)20)8-17(7-9)14(18)12-6-13(23-10(12)2)24(21,22)16(3)4/h6,9,11H,5,7-8H2,1-4H3,(H,19,20). The van der Waals surface area contributed by atoms with Gasteiger partial charge < -0.3 is 14.4 Å². The van der Waals surface area contributed by atoms with Crippen molar-refractivity contribution in [1.29, 1.82) is 0 Å². The van der Waals surface area contributed by atoms with Crippen LogP contribution >= 0.6 is 0 Å². The number of likely N-dealkylation sites (tertiary alicyclic amines) is 1. The highest BCUT2D eigenvalue weighted by molar-refractivity contribution is 7.88.